The van der Waals surface area contributed by atoms with Crippen LogP contribution in [0.2, 0.25) is 0 Å². The Morgan fingerprint density at radius 3 is 2.40 bits per heavy atom. The summed E-state index contributed by atoms with van der Waals surface area (Å²) < 4.78 is 26.8. The van der Waals surface area contributed by atoms with E-state index in [1.807, 2.05) is 39.0 Å². The van der Waals surface area contributed by atoms with Crippen LogP contribution in [0.1, 0.15) is 23.6 Å². The first-order valence-electron chi connectivity index (χ1n) is 6.72. The van der Waals surface area contributed by atoms with Crippen LogP contribution in [0.25, 0.3) is 0 Å². The van der Waals surface area contributed by atoms with Gasteiger partial charge in [-0.05, 0) is 37.5 Å². The molecule has 0 aliphatic heterocycles. The molecule has 0 aromatic heterocycles. The minimum absolute atomic E-state index is 0.00176. The van der Waals surface area contributed by atoms with Crippen molar-refractivity contribution in [1.29, 1.82) is 0 Å². The second-order valence-electron chi connectivity index (χ2n) is 5.06. The number of hydrogen-bond donors (Lipinski definition) is 3. The van der Waals surface area contributed by atoms with E-state index >= 15 is 0 Å². The van der Waals surface area contributed by atoms with Gasteiger partial charge in [0.15, 0.2) is 0 Å². The van der Waals surface area contributed by atoms with Gasteiger partial charge in [0.05, 0.1) is 12.4 Å². The number of rotatable bonds is 8. The fourth-order valence-electron chi connectivity index (χ4n) is 1.95. The Morgan fingerprint density at radius 2 is 1.85 bits per heavy atom. The third-order valence-electron chi connectivity index (χ3n) is 3.19. The third-order valence-corrected chi connectivity index (χ3v) is 4.47. The molecule has 0 aliphatic rings. The summed E-state index contributed by atoms with van der Waals surface area (Å²) in [4.78, 5) is 0. The quantitative estimate of drug-likeness (QED) is 0.660. The van der Waals surface area contributed by atoms with Crippen LogP contribution in [-0.2, 0) is 15.8 Å². The van der Waals surface area contributed by atoms with E-state index in [2.05, 4.69) is 10.0 Å². The molecule has 0 saturated heterocycles. The molecule has 5 nitrogen and oxygen atoms in total. The van der Waals surface area contributed by atoms with Crippen LogP contribution in [0.15, 0.2) is 18.2 Å². The van der Waals surface area contributed by atoms with Gasteiger partial charge in [0.25, 0.3) is 0 Å². The largest absolute Gasteiger partial charge is 0.395 e. The number of hydrogen-bond acceptors (Lipinski definition) is 4. The molecule has 0 aliphatic carbocycles. The summed E-state index contributed by atoms with van der Waals surface area (Å²) in [5.41, 5.74) is 2.83. The summed E-state index contributed by atoms with van der Waals surface area (Å²) >= 11 is 0. The summed E-state index contributed by atoms with van der Waals surface area (Å²) in [5.74, 6) is -0.00176. The van der Waals surface area contributed by atoms with Crippen molar-refractivity contribution in [3.05, 3.63) is 34.9 Å². The predicted octanol–water partition coefficient (Wildman–Crippen LogP) is 0.693. The van der Waals surface area contributed by atoms with E-state index in [4.69, 9.17) is 5.11 Å². The molecule has 6 heteroatoms. The molecule has 0 heterocycles. The summed E-state index contributed by atoms with van der Waals surface area (Å²) in [6.07, 6.45) is 0. The molecule has 1 aromatic carbocycles. The molecular weight excluding hydrogens is 276 g/mol. The van der Waals surface area contributed by atoms with Crippen molar-refractivity contribution in [2.24, 2.45) is 0 Å². The number of aliphatic hydroxyl groups is 1. The molecule has 0 saturated carbocycles. The van der Waals surface area contributed by atoms with Crippen LogP contribution in [0.5, 0.6) is 0 Å². The van der Waals surface area contributed by atoms with E-state index in [1.54, 1.807) is 0 Å². The SMILES string of the molecule is Cc1cccc(C)c1CS(=O)(=O)NCC(C)NCCO. The Balaban J connectivity index is 2.62. The zero-order valence-electron chi connectivity index (χ0n) is 12.3. The fraction of sp³-hybridized carbons (Fsp3) is 0.571. The van der Waals surface area contributed by atoms with Crippen LogP contribution >= 0.6 is 0 Å². The molecule has 1 rings (SSSR count). The highest BCUT2D eigenvalue weighted by molar-refractivity contribution is 7.88. The van der Waals surface area contributed by atoms with Crippen molar-refractivity contribution in [2.45, 2.75) is 32.6 Å². The first kappa shape index (κ1) is 17.1. The smallest absolute Gasteiger partial charge is 0.215 e. The second kappa shape index (κ2) is 7.73. The van der Waals surface area contributed by atoms with Crippen molar-refractivity contribution in [1.82, 2.24) is 10.0 Å². The Hall–Kier alpha value is -0.950. The molecule has 1 unspecified atom stereocenters. The van der Waals surface area contributed by atoms with Crippen LogP contribution in [-0.4, -0.2) is 39.3 Å². The number of benzene rings is 1. The molecule has 20 heavy (non-hydrogen) atoms. The maximum Gasteiger partial charge on any atom is 0.215 e. The van der Waals surface area contributed by atoms with Crippen LogP contribution in [0, 0.1) is 13.8 Å². The zero-order chi connectivity index (χ0) is 15.2. The lowest BCUT2D eigenvalue weighted by Gasteiger charge is -2.15. The lowest BCUT2D eigenvalue weighted by Crippen LogP contribution is -2.40. The first-order valence-corrected chi connectivity index (χ1v) is 8.37. The summed E-state index contributed by atoms with van der Waals surface area (Å²) in [6.45, 7) is 6.52. The third kappa shape index (κ3) is 5.58. The highest BCUT2D eigenvalue weighted by Gasteiger charge is 2.15. The van der Waals surface area contributed by atoms with Gasteiger partial charge < -0.3 is 10.4 Å². The standard InChI is InChI=1S/C14H24N2O3S/c1-11-5-4-6-12(2)14(11)10-20(18,19)16-9-13(3)15-7-8-17/h4-6,13,15-17H,7-10H2,1-3H3. The minimum Gasteiger partial charge on any atom is -0.395 e. The molecule has 0 spiro atoms. The number of aliphatic hydroxyl groups excluding tert-OH is 1. The molecule has 0 radical (unpaired) electrons. The molecule has 0 amide bonds. The summed E-state index contributed by atoms with van der Waals surface area (Å²) in [5, 5.41) is 11.7. The highest BCUT2D eigenvalue weighted by atomic mass is 32.2. The van der Waals surface area contributed by atoms with Crippen molar-refractivity contribution in [2.75, 3.05) is 19.7 Å². The Bertz CT molecular complexity index is 509. The first-order chi connectivity index (χ1) is 9.35. The minimum atomic E-state index is -3.35. The normalized spacial score (nSPS) is 13.4. The molecule has 1 atom stereocenters. The van der Waals surface area contributed by atoms with Crippen LogP contribution in [0.3, 0.4) is 0 Å². The topological polar surface area (TPSA) is 78.4 Å². The average molecular weight is 300 g/mol. The van der Waals surface area contributed by atoms with Gasteiger partial charge in [-0.2, -0.15) is 0 Å². The average Bonchev–Trinajstić information content (AvgIpc) is 2.39. The van der Waals surface area contributed by atoms with Crippen molar-refractivity contribution in [3.63, 3.8) is 0 Å². The predicted molar refractivity (Wildman–Crippen MR) is 81.1 cm³/mol. The van der Waals surface area contributed by atoms with Crippen LogP contribution < -0.4 is 10.0 Å². The highest BCUT2D eigenvalue weighted by Crippen LogP contribution is 2.15. The van der Waals surface area contributed by atoms with Gasteiger partial charge in [0, 0.05) is 19.1 Å². The van der Waals surface area contributed by atoms with Crippen molar-refractivity contribution >= 4 is 10.0 Å². The van der Waals surface area contributed by atoms with Gasteiger partial charge in [-0.25, -0.2) is 13.1 Å². The van der Waals surface area contributed by atoms with Crippen molar-refractivity contribution < 1.29 is 13.5 Å². The molecule has 3 N–H and O–H groups in total. The van der Waals surface area contributed by atoms with Gasteiger partial charge >= 0.3 is 0 Å². The molecule has 0 bridgehead atoms. The fourth-order valence-corrected chi connectivity index (χ4v) is 3.39. The second-order valence-corrected chi connectivity index (χ2v) is 6.86. The molecule has 114 valence electrons. The van der Waals surface area contributed by atoms with Gasteiger partial charge in [-0.1, -0.05) is 18.2 Å². The van der Waals surface area contributed by atoms with E-state index in [0.717, 1.165) is 16.7 Å². The van der Waals surface area contributed by atoms with E-state index in [0.29, 0.717) is 13.1 Å². The van der Waals surface area contributed by atoms with Crippen molar-refractivity contribution in [3.8, 4) is 0 Å². The molecule has 0 fully saturated rings. The Morgan fingerprint density at radius 1 is 1.25 bits per heavy atom. The van der Waals surface area contributed by atoms with Gasteiger partial charge in [0.2, 0.25) is 10.0 Å². The maximum absolute atomic E-state index is 12.1. The lowest BCUT2D eigenvalue weighted by atomic mass is 10.1. The summed E-state index contributed by atoms with van der Waals surface area (Å²) in [6, 6.07) is 5.75. The Labute approximate surface area is 121 Å². The van der Waals surface area contributed by atoms with Gasteiger partial charge in [-0.15, -0.1) is 0 Å². The van der Waals surface area contributed by atoms with E-state index < -0.39 is 10.0 Å². The monoisotopic (exact) mass is 300 g/mol. The maximum atomic E-state index is 12.1. The number of sulfonamides is 1. The molecular formula is C14H24N2O3S. The Kier molecular flexibility index (Phi) is 6.61. The van der Waals surface area contributed by atoms with Crippen LogP contribution in [0.4, 0.5) is 0 Å². The van der Waals surface area contributed by atoms with E-state index in [-0.39, 0.29) is 18.4 Å². The summed E-state index contributed by atoms with van der Waals surface area (Å²) in [7, 11) is -3.35. The van der Waals surface area contributed by atoms with E-state index in [9.17, 15) is 8.42 Å². The van der Waals surface area contributed by atoms with E-state index in [1.165, 1.54) is 0 Å². The lowest BCUT2D eigenvalue weighted by molar-refractivity contribution is 0.286. The zero-order valence-corrected chi connectivity index (χ0v) is 13.1. The van der Waals surface area contributed by atoms with Gasteiger partial charge in [0.1, 0.15) is 0 Å². The number of aryl methyl sites for hydroxylation is 2. The van der Waals surface area contributed by atoms with Gasteiger partial charge in [-0.3, -0.25) is 0 Å². The molecule has 1 aromatic rings. The number of nitrogens with one attached hydrogen (secondary N) is 2.